The Balaban J connectivity index is 2.32. The van der Waals surface area contributed by atoms with Crippen molar-refractivity contribution in [3.05, 3.63) is 47.1 Å². The van der Waals surface area contributed by atoms with E-state index in [1.165, 1.54) is 0 Å². The fourth-order valence-corrected chi connectivity index (χ4v) is 1.64. The van der Waals surface area contributed by atoms with Gasteiger partial charge in [0.25, 0.3) is 0 Å². The first-order valence-corrected chi connectivity index (χ1v) is 5.44. The average Bonchev–Trinajstić information content (AvgIpc) is 2.34. The van der Waals surface area contributed by atoms with Crippen LogP contribution in [0.4, 0.5) is 5.82 Å². The minimum absolute atomic E-state index is 0.474. The van der Waals surface area contributed by atoms with Crippen LogP contribution in [-0.4, -0.2) is 11.4 Å². The second kappa shape index (κ2) is 4.97. The van der Waals surface area contributed by atoms with Crippen LogP contribution in [0.25, 0.3) is 11.1 Å². The van der Waals surface area contributed by atoms with Crippen molar-refractivity contribution in [2.45, 2.75) is 6.92 Å². The maximum absolute atomic E-state index is 10.1. The Morgan fingerprint density at radius 1 is 1.24 bits per heavy atom. The number of anilines is 1. The van der Waals surface area contributed by atoms with Crippen LogP contribution in [0.1, 0.15) is 5.56 Å². The minimum atomic E-state index is 0.474. The van der Waals surface area contributed by atoms with Gasteiger partial charge in [-0.3, -0.25) is 4.79 Å². The lowest BCUT2D eigenvalue weighted by Crippen LogP contribution is -1.95. The highest BCUT2D eigenvalue weighted by Crippen LogP contribution is 2.25. The van der Waals surface area contributed by atoms with E-state index < -0.39 is 0 Å². The molecule has 1 heterocycles. The predicted molar refractivity (Wildman–Crippen MR) is 68.7 cm³/mol. The van der Waals surface area contributed by atoms with Crippen LogP contribution in [0, 0.1) is 6.92 Å². The highest BCUT2D eigenvalue weighted by atomic mass is 35.5. The molecule has 0 unspecified atom stereocenters. The third kappa shape index (κ3) is 2.63. The van der Waals surface area contributed by atoms with Gasteiger partial charge in [0.2, 0.25) is 0 Å². The number of carbonyl (C=O) groups excluding carboxylic acids is 1. The predicted octanol–water partition coefficient (Wildman–Crippen LogP) is 3.19. The molecule has 1 radical (unpaired) electrons. The Bertz CT molecular complexity index is 538. The number of nitrogens with zero attached hydrogens (tertiary/aromatic N) is 1. The molecule has 0 spiro atoms. The van der Waals surface area contributed by atoms with Gasteiger partial charge in [-0.1, -0.05) is 23.7 Å². The van der Waals surface area contributed by atoms with Crippen molar-refractivity contribution in [2.24, 2.45) is 0 Å². The number of hydrogen-bond donors (Lipinski definition) is 1. The number of rotatable bonds is 3. The van der Waals surface area contributed by atoms with Gasteiger partial charge in [-0.2, -0.15) is 0 Å². The second-order valence-electron chi connectivity index (χ2n) is 3.62. The molecule has 2 rings (SSSR count). The van der Waals surface area contributed by atoms with Crippen molar-refractivity contribution in [3.8, 4) is 11.1 Å². The standard InChI is InChI=1S/C13H10ClN2O/c1-9-2-3-10(6-12(9)14)11-4-5-13(15-7-11)16-8-17/h2-7H,1H3,(H,15,16,17). The lowest BCUT2D eigenvalue weighted by Gasteiger charge is -2.04. The number of aromatic nitrogens is 1. The Kier molecular flexibility index (Phi) is 3.40. The van der Waals surface area contributed by atoms with Gasteiger partial charge in [-0.05, 0) is 36.2 Å². The molecular formula is C13H10ClN2O. The van der Waals surface area contributed by atoms with Gasteiger partial charge >= 0.3 is 6.41 Å². The molecule has 1 amide bonds. The van der Waals surface area contributed by atoms with Crippen LogP contribution in [0.15, 0.2) is 36.5 Å². The van der Waals surface area contributed by atoms with Crippen LogP contribution < -0.4 is 5.32 Å². The van der Waals surface area contributed by atoms with Crippen molar-refractivity contribution in [3.63, 3.8) is 0 Å². The van der Waals surface area contributed by atoms with E-state index in [4.69, 9.17) is 11.6 Å². The van der Waals surface area contributed by atoms with E-state index in [2.05, 4.69) is 10.3 Å². The first-order chi connectivity index (χ1) is 8.20. The molecule has 0 atom stereocenters. The molecule has 0 aliphatic carbocycles. The molecule has 0 bridgehead atoms. The Morgan fingerprint density at radius 2 is 2.00 bits per heavy atom. The molecule has 4 heteroatoms. The number of benzene rings is 1. The van der Waals surface area contributed by atoms with Crippen LogP contribution in [0.5, 0.6) is 0 Å². The van der Waals surface area contributed by atoms with Gasteiger partial charge < -0.3 is 5.32 Å². The van der Waals surface area contributed by atoms with Crippen LogP contribution in [0.2, 0.25) is 5.02 Å². The first-order valence-electron chi connectivity index (χ1n) is 5.06. The number of aryl methyl sites for hydroxylation is 1. The number of hydrogen-bond acceptors (Lipinski definition) is 2. The van der Waals surface area contributed by atoms with Crippen LogP contribution >= 0.6 is 11.6 Å². The largest absolute Gasteiger partial charge is 0.315 e. The summed E-state index contributed by atoms with van der Waals surface area (Å²) in [7, 11) is 0. The monoisotopic (exact) mass is 245 g/mol. The molecule has 0 fully saturated rings. The van der Waals surface area contributed by atoms with E-state index in [0.29, 0.717) is 5.82 Å². The van der Waals surface area contributed by atoms with Crippen LogP contribution in [0.3, 0.4) is 0 Å². The van der Waals surface area contributed by atoms with E-state index in [1.807, 2.05) is 31.2 Å². The van der Waals surface area contributed by atoms with E-state index in [9.17, 15) is 4.79 Å². The van der Waals surface area contributed by atoms with Crippen molar-refractivity contribution in [2.75, 3.05) is 5.32 Å². The molecule has 17 heavy (non-hydrogen) atoms. The zero-order valence-corrected chi connectivity index (χ0v) is 9.95. The lowest BCUT2D eigenvalue weighted by atomic mass is 10.1. The summed E-state index contributed by atoms with van der Waals surface area (Å²) < 4.78 is 0. The lowest BCUT2D eigenvalue weighted by molar-refractivity contribution is 0.561. The SMILES string of the molecule is Cc1ccc(-c2ccc(N[C]=O)nc2)cc1Cl. The van der Waals surface area contributed by atoms with Gasteiger partial charge in [0, 0.05) is 16.8 Å². The summed E-state index contributed by atoms with van der Waals surface area (Å²) in [5.41, 5.74) is 2.98. The normalized spacial score (nSPS) is 10.0. The summed E-state index contributed by atoms with van der Waals surface area (Å²) in [6.45, 7) is 1.96. The highest BCUT2D eigenvalue weighted by Gasteiger charge is 2.01. The fraction of sp³-hybridized carbons (Fsp3) is 0.0769. The number of pyridine rings is 1. The number of halogens is 1. The molecule has 2 aromatic rings. The van der Waals surface area contributed by atoms with E-state index >= 15 is 0 Å². The highest BCUT2D eigenvalue weighted by molar-refractivity contribution is 6.31. The maximum Gasteiger partial charge on any atom is 0.315 e. The van der Waals surface area contributed by atoms with E-state index in [-0.39, 0.29) is 0 Å². The quantitative estimate of drug-likeness (QED) is 0.844. The zero-order valence-electron chi connectivity index (χ0n) is 9.20. The average molecular weight is 246 g/mol. The molecule has 1 aromatic heterocycles. The summed E-state index contributed by atoms with van der Waals surface area (Å²) >= 11 is 6.06. The van der Waals surface area contributed by atoms with Crippen molar-refractivity contribution < 1.29 is 4.79 Å². The summed E-state index contributed by atoms with van der Waals surface area (Å²) in [6.07, 6.45) is 3.26. The Labute approximate surface area is 104 Å². The summed E-state index contributed by atoms with van der Waals surface area (Å²) in [6, 6.07) is 9.43. The van der Waals surface area contributed by atoms with Gasteiger partial charge in [-0.25, -0.2) is 4.98 Å². The Hall–Kier alpha value is -1.87. The number of nitrogens with one attached hydrogen (secondary N) is 1. The zero-order chi connectivity index (χ0) is 12.3. The minimum Gasteiger partial charge on any atom is -0.302 e. The Morgan fingerprint density at radius 3 is 2.59 bits per heavy atom. The van der Waals surface area contributed by atoms with Gasteiger partial charge in [-0.15, -0.1) is 0 Å². The van der Waals surface area contributed by atoms with Gasteiger partial charge in [0.05, 0.1) is 0 Å². The summed E-state index contributed by atoms with van der Waals surface area (Å²) in [4.78, 5) is 14.2. The molecule has 0 aliphatic rings. The molecule has 1 aromatic carbocycles. The van der Waals surface area contributed by atoms with E-state index in [1.54, 1.807) is 18.7 Å². The topological polar surface area (TPSA) is 42.0 Å². The molecular weight excluding hydrogens is 236 g/mol. The molecule has 0 saturated heterocycles. The fourth-order valence-electron chi connectivity index (χ4n) is 1.46. The third-order valence-electron chi connectivity index (χ3n) is 2.45. The molecule has 1 N–H and O–H groups in total. The molecule has 3 nitrogen and oxygen atoms in total. The maximum atomic E-state index is 10.1. The van der Waals surface area contributed by atoms with Gasteiger partial charge in [0.15, 0.2) is 0 Å². The number of amides is 1. The smallest absolute Gasteiger partial charge is 0.302 e. The second-order valence-corrected chi connectivity index (χ2v) is 4.03. The molecule has 0 aliphatic heterocycles. The third-order valence-corrected chi connectivity index (χ3v) is 2.85. The van der Waals surface area contributed by atoms with Crippen molar-refractivity contribution >= 4 is 23.8 Å². The summed E-state index contributed by atoms with van der Waals surface area (Å²) in [5, 5.41) is 3.09. The first kappa shape index (κ1) is 11.6. The van der Waals surface area contributed by atoms with Crippen molar-refractivity contribution in [1.29, 1.82) is 0 Å². The van der Waals surface area contributed by atoms with Gasteiger partial charge in [0.1, 0.15) is 5.82 Å². The molecule has 0 saturated carbocycles. The molecule has 85 valence electrons. The van der Waals surface area contributed by atoms with E-state index in [0.717, 1.165) is 21.7 Å². The van der Waals surface area contributed by atoms with Crippen LogP contribution in [-0.2, 0) is 4.79 Å². The summed E-state index contributed by atoms with van der Waals surface area (Å²) in [5.74, 6) is 0.474. The van der Waals surface area contributed by atoms with Crippen molar-refractivity contribution in [1.82, 2.24) is 4.98 Å².